The zero-order valence-electron chi connectivity index (χ0n) is 9.30. The van der Waals surface area contributed by atoms with Crippen LogP contribution in [0.2, 0.25) is 0 Å². The van der Waals surface area contributed by atoms with Crippen LogP contribution < -0.4 is 10.6 Å². The fourth-order valence-electron chi connectivity index (χ4n) is 1.67. The highest BCUT2D eigenvalue weighted by atomic mass is 16.6. The van der Waals surface area contributed by atoms with E-state index in [1.807, 2.05) is 0 Å². The Morgan fingerprint density at radius 3 is 2.88 bits per heavy atom. The van der Waals surface area contributed by atoms with E-state index in [9.17, 15) is 9.59 Å². The number of rotatable bonds is 2. The number of nitrogen functional groups attached to an aromatic ring is 1. The maximum atomic E-state index is 11.6. The first-order valence-electron chi connectivity index (χ1n) is 5.05. The minimum atomic E-state index is -0.514. The van der Waals surface area contributed by atoms with E-state index >= 15 is 0 Å². The number of esters is 1. The Morgan fingerprint density at radius 1 is 1.53 bits per heavy atom. The van der Waals surface area contributed by atoms with Gasteiger partial charge in [-0.15, -0.1) is 0 Å². The third-order valence-corrected chi connectivity index (χ3v) is 2.48. The second-order valence-corrected chi connectivity index (χ2v) is 3.53. The summed E-state index contributed by atoms with van der Waals surface area (Å²) in [5.41, 5.74) is 6.82. The van der Waals surface area contributed by atoms with Crippen LogP contribution in [0.15, 0.2) is 18.2 Å². The molecule has 0 radical (unpaired) electrons. The summed E-state index contributed by atoms with van der Waals surface area (Å²) in [5.74, 6) is -0.514. The highest BCUT2D eigenvalue weighted by Crippen LogP contribution is 2.26. The first kappa shape index (κ1) is 11.3. The second kappa shape index (κ2) is 4.32. The molecule has 0 saturated carbocycles. The number of carbonyl (C=O) groups excluding carboxylic acids is 2. The minimum Gasteiger partial charge on any atom is -0.465 e. The molecule has 1 aromatic carbocycles. The van der Waals surface area contributed by atoms with Gasteiger partial charge in [-0.3, -0.25) is 4.90 Å². The molecule has 1 amide bonds. The third-order valence-electron chi connectivity index (χ3n) is 2.48. The van der Waals surface area contributed by atoms with Gasteiger partial charge in [0.2, 0.25) is 0 Å². The molecule has 2 N–H and O–H groups in total. The molecule has 1 aliphatic heterocycles. The van der Waals surface area contributed by atoms with Gasteiger partial charge >= 0.3 is 12.1 Å². The molecule has 17 heavy (non-hydrogen) atoms. The van der Waals surface area contributed by atoms with Crippen LogP contribution >= 0.6 is 0 Å². The Hall–Kier alpha value is -2.24. The topological polar surface area (TPSA) is 81.9 Å². The summed E-state index contributed by atoms with van der Waals surface area (Å²) in [6.07, 6.45) is -0.485. The van der Waals surface area contributed by atoms with Crippen molar-refractivity contribution >= 4 is 23.4 Å². The summed E-state index contributed by atoms with van der Waals surface area (Å²) in [7, 11) is 1.28. The van der Waals surface area contributed by atoms with E-state index in [2.05, 4.69) is 4.74 Å². The molecule has 0 unspecified atom stereocenters. The summed E-state index contributed by atoms with van der Waals surface area (Å²) in [4.78, 5) is 24.4. The van der Waals surface area contributed by atoms with E-state index in [0.29, 0.717) is 30.1 Å². The summed E-state index contributed by atoms with van der Waals surface area (Å²) in [5, 5.41) is 0. The van der Waals surface area contributed by atoms with E-state index in [1.165, 1.54) is 18.1 Å². The molecular formula is C11H12N2O4. The number of carbonyl (C=O) groups is 2. The van der Waals surface area contributed by atoms with Crippen LogP contribution in [0, 0.1) is 0 Å². The number of ether oxygens (including phenoxy) is 2. The zero-order valence-corrected chi connectivity index (χ0v) is 9.30. The largest absolute Gasteiger partial charge is 0.465 e. The van der Waals surface area contributed by atoms with E-state index in [0.717, 1.165) is 0 Å². The van der Waals surface area contributed by atoms with Crippen molar-refractivity contribution in [1.82, 2.24) is 0 Å². The molecule has 1 aromatic rings. The third kappa shape index (κ3) is 2.01. The quantitative estimate of drug-likeness (QED) is 0.612. The summed E-state index contributed by atoms with van der Waals surface area (Å²) in [6.45, 7) is 0.695. The van der Waals surface area contributed by atoms with Crippen molar-refractivity contribution in [2.75, 3.05) is 30.9 Å². The van der Waals surface area contributed by atoms with E-state index < -0.39 is 12.1 Å². The van der Waals surface area contributed by atoms with Crippen molar-refractivity contribution in [3.8, 4) is 0 Å². The molecule has 1 aliphatic rings. The Kier molecular flexibility index (Phi) is 2.86. The van der Waals surface area contributed by atoms with Gasteiger partial charge in [-0.1, -0.05) is 0 Å². The van der Waals surface area contributed by atoms with Gasteiger partial charge in [0, 0.05) is 5.69 Å². The Morgan fingerprint density at radius 2 is 2.29 bits per heavy atom. The predicted molar refractivity (Wildman–Crippen MR) is 60.9 cm³/mol. The van der Waals surface area contributed by atoms with Gasteiger partial charge in [-0.05, 0) is 18.2 Å². The fraction of sp³-hybridized carbons (Fsp3) is 0.273. The molecule has 1 saturated heterocycles. The van der Waals surface area contributed by atoms with Crippen LogP contribution in [0.25, 0.3) is 0 Å². The van der Waals surface area contributed by atoms with E-state index in [-0.39, 0.29) is 0 Å². The molecule has 1 heterocycles. The number of methoxy groups -OCH3 is 1. The molecule has 90 valence electrons. The Balaban J connectivity index is 2.46. The van der Waals surface area contributed by atoms with Crippen molar-refractivity contribution in [2.24, 2.45) is 0 Å². The minimum absolute atomic E-state index is 0.292. The lowest BCUT2D eigenvalue weighted by molar-refractivity contribution is 0.0601. The average molecular weight is 236 g/mol. The Bertz CT molecular complexity index is 473. The smallest absolute Gasteiger partial charge is 0.414 e. The molecule has 6 nitrogen and oxygen atoms in total. The SMILES string of the molecule is COC(=O)c1ccc(N)cc1N1CCOC1=O. The number of hydrogen-bond donors (Lipinski definition) is 1. The van der Waals surface area contributed by atoms with E-state index in [1.54, 1.807) is 12.1 Å². The molecule has 0 aliphatic carbocycles. The Labute approximate surface area is 97.9 Å². The van der Waals surface area contributed by atoms with Gasteiger partial charge in [0.15, 0.2) is 0 Å². The second-order valence-electron chi connectivity index (χ2n) is 3.53. The molecule has 2 rings (SSSR count). The summed E-state index contributed by atoms with van der Waals surface area (Å²) >= 11 is 0. The maximum absolute atomic E-state index is 11.6. The number of nitrogens with two attached hydrogens (primary N) is 1. The van der Waals surface area contributed by atoms with Gasteiger partial charge in [-0.2, -0.15) is 0 Å². The summed E-state index contributed by atoms with van der Waals surface area (Å²) < 4.78 is 9.48. The monoisotopic (exact) mass is 236 g/mol. The van der Waals surface area contributed by atoms with Crippen LogP contribution in [-0.4, -0.2) is 32.3 Å². The molecule has 1 fully saturated rings. The van der Waals surface area contributed by atoms with Crippen LogP contribution in [0.1, 0.15) is 10.4 Å². The standard InChI is InChI=1S/C11H12N2O4/c1-16-10(14)8-3-2-7(12)6-9(8)13-4-5-17-11(13)15/h2-3,6H,4-5,12H2,1H3. The number of benzene rings is 1. The maximum Gasteiger partial charge on any atom is 0.414 e. The first-order valence-corrected chi connectivity index (χ1v) is 5.05. The van der Waals surface area contributed by atoms with Gasteiger partial charge in [0.05, 0.1) is 24.9 Å². The fourth-order valence-corrected chi connectivity index (χ4v) is 1.67. The number of cyclic esters (lactones) is 1. The molecule has 0 spiro atoms. The number of hydrogen-bond acceptors (Lipinski definition) is 5. The van der Waals surface area contributed by atoms with Gasteiger partial charge in [0.25, 0.3) is 0 Å². The predicted octanol–water partition coefficient (Wildman–Crippen LogP) is 1.01. The highest BCUT2D eigenvalue weighted by Gasteiger charge is 2.27. The van der Waals surface area contributed by atoms with Gasteiger partial charge in [-0.25, -0.2) is 9.59 Å². The van der Waals surface area contributed by atoms with Crippen molar-refractivity contribution < 1.29 is 19.1 Å². The van der Waals surface area contributed by atoms with Crippen molar-refractivity contribution in [3.05, 3.63) is 23.8 Å². The first-order chi connectivity index (χ1) is 8.13. The molecule has 0 bridgehead atoms. The zero-order chi connectivity index (χ0) is 12.4. The van der Waals surface area contributed by atoms with Crippen molar-refractivity contribution in [1.29, 1.82) is 0 Å². The van der Waals surface area contributed by atoms with Crippen molar-refractivity contribution in [2.45, 2.75) is 0 Å². The number of amides is 1. The van der Waals surface area contributed by atoms with Crippen LogP contribution in [0.3, 0.4) is 0 Å². The van der Waals surface area contributed by atoms with Crippen LogP contribution in [0.5, 0.6) is 0 Å². The molecule has 0 aromatic heterocycles. The molecular weight excluding hydrogens is 224 g/mol. The lowest BCUT2D eigenvalue weighted by Crippen LogP contribution is -2.25. The normalized spacial score (nSPS) is 14.6. The van der Waals surface area contributed by atoms with Gasteiger partial charge < -0.3 is 15.2 Å². The van der Waals surface area contributed by atoms with Crippen LogP contribution in [-0.2, 0) is 9.47 Å². The highest BCUT2D eigenvalue weighted by molar-refractivity contribution is 6.02. The average Bonchev–Trinajstić information content (AvgIpc) is 2.74. The van der Waals surface area contributed by atoms with Gasteiger partial charge in [0.1, 0.15) is 6.61 Å². The summed E-state index contributed by atoms with van der Waals surface area (Å²) in [6, 6.07) is 4.66. The molecule has 6 heteroatoms. The van der Waals surface area contributed by atoms with Crippen molar-refractivity contribution in [3.63, 3.8) is 0 Å². The molecule has 0 atom stereocenters. The number of anilines is 2. The van der Waals surface area contributed by atoms with Crippen LogP contribution in [0.4, 0.5) is 16.2 Å². The number of nitrogens with zero attached hydrogens (tertiary/aromatic N) is 1. The lowest BCUT2D eigenvalue weighted by atomic mass is 10.1. The lowest BCUT2D eigenvalue weighted by Gasteiger charge is -2.16. The van der Waals surface area contributed by atoms with E-state index in [4.69, 9.17) is 10.5 Å².